The van der Waals surface area contributed by atoms with Gasteiger partial charge in [0.2, 0.25) is 0 Å². The Kier molecular flexibility index (Phi) is 7.89. The number of methoxy groups -OCH3 is 2. The summed E-state index contributed by atoms with van der Waals surface area (Å²) in [5, 5.41) is 0. The Balaban J connectivity index is 3.20. The van der Waals surface area contributed by atoms with Crippen molar-refractivity contribution in [2.75, 3.05) is 34.0 Å². The normalized spacial score (nSPS) is 13.4. The molecule has 0 rings (SSSR count). The van der Waals surface area contributed by atoms with E-state index in [-0.39, 0.29) is 6.10 Å². The predicted molar refractivity (Wildman–Crippen MR) is 43.8 cm³/mol. The van der Waals surface area contributed by atoms with Gasteiger partial charge >= 0.3 is 0 Å². The molecule has 11 heavy (non-hydrogen) atoms. The zero-order valence-corrected chi connectivity index (χ0v) is 7.63. The molecule has 0 aromatic rings. The van der Waals surface area contributed by atoms with Crippen molar-refractivity contribution >= 4 is 0 Å². The lowest BCUT2D eigenvalue weighted by Gasteiger charge is -2.13. The van der Waals surface area contributed by atoms with E-state index in [0.717, 1.165) is 13.0 Å². The first-order valence-corrected chi connectivity index (χ1v) is 3.94. The van der Waals surface area contributed by atoms with Crippen LogP contribution in [-0.4, -0.2) is 40.1 Å². The van der Waals surface area contributed by atoms with Gasteiger partial charge in [-0.2, -0.15) is 0 Å². The van der Waals surface area contributed by atoms with Crippen molar-refractivity contribution in [2.24, 2.45) is 0 Å². The highest BCUT2D eigenvalue weighted by Crippen LogP contribution is 1.92. The number of hydrogen-bond acceptors (Lipinski definition) is 3. The summed E-state index contributed by atoms with van der Waals surface area (Å²) in [5.41, 5.74) is 0. The molecule has 0 aliphatic heterocycles. The van der Waals surface area contributed by atoms with Crippen LogP contribution in [0.5, 0.6) is 0 Å². The number of ether oxygens (including phenoxy) is 3. The van der Waals surface area contributed by atoms with Gasteiger partial charge in [-0.05, 0) is 6.42 Å². The van der Waals surface area contributed by atoms with Crippen molar-refractivity contribution in [1.29, 1.82) is 0 Å². The van der Waals surface area contributed by atoms with Crippen LogP contribution in [0, 0.1) is 0 Å². The van der Waals surface area contributed by atoms with Gasteiger partial charge in [0.05, 0.1) is 13.2 Å². The van der Waals surface area contributed by atoms with Gasteiger partial charge in [0.25, 0.3) is 0 Å². The average molecular weight is 162 g/mol. The molecular weight excluding hydrogens is 144 g/mol. The molecule has 0 N–H and O–H groups in total. The largest absolute Gasteiger partial charge is 0.382 e. The third kappa shape index (κ3) is 6.28. The molecule has 0 aliphatic carbocycles. The first-order chi connectivity index (χ1) is 5.35. The van der Waals surface area contributed by atoms with Crippen LogP contribution in [0.25, 0.3) is 0 Å². The molecule has 0 heterocycles. The summed E-state index contributed by atoms with van der Waals surface area (Å²) >= 11 is 0. The van der Waals surface area contributed by atoms with E-state index in [9.17, 15) is 0 Å². The minimum atomic E-state index is 0.0755. The molecule has 0 amide bonds. The molecule has 0 spiro atoms. The molecule has 0 aliphatic rings. The van der Waals surface area contributed by atoms with E-state index >= 15 is 0 Å². The molecular formula is C8H18O3. The van der Waals surface area contributed by atoms with Crippen molar-refractivity contribution in [2.45, 2.75) is 19.4 Å². The van der Waals surface area contributed by atoms with Crippen LogP contribution in [0.3, 0.4) is 0 Å². The van der Waals surface area contributed by atoms with Crippen molar-refractivity contribution in [1.82, 2.24) is 0 Å². The Bertz CT molecular complexity index is 75.7. The van der Waals surface area contributed by atoms with Crippen molar-refractivity contribution in [3.05, 3.63) is 0 Å². The zero-order valence-electron chi connectivity index (χ0n) is 7.63. The topological polar surface area (TPSA) is 27.7 Å². The summed E-state index contributed by atoms with van der Waals surface area (Å²) in [7, 11) is 3.32. The summed E-state index contributed by atoms with van der Waals surface area (Å²) in [6, 6.07) is 0. The fourth-order valence-electron chi connectivity index (χ4n) is 0.729. The first-order valence-electron chi connectivity index (χ1n) is 3.94. The highest BCUT2D eigenvalue weighted by Gasteiger charge is 2.05. The molecule has 1 unspecified atom stereocenters. The van der Waals surface area contributed by atoms with Gasteiger partial charge in [0.1, 0.15) is 6.10 Å². The second kappa shape index (κ2) is 7.98. The predicted octanol–water partition coefficient (Wildman–Crippen LogP) is 1.07. The van der Waals surface area contributed by atoms with Crippen LogP contribution in [0.15, 0.2) is 0 Å². The van der Waals surface area contributed by atoms with Gasteiger partial charge < -0.3 is 14.2 Å². The zero-order chi connectivity index (χ0) is 8.53. The second-order valence-corrected chi connectivity index (χ2v) is 2.39. The summed E-state index contributed by atoms with van der Waals surface area (Å²) in [6.45, 7) is 4.10. The van der Waals surface area contributed by atoms with E-state index in [1.807, 2.05) is 0 Å². The second-order valence-electron chi connectivity index (χ2n) is 2.39. The maximum absolute atomic E-state index is 5.28. The lowest BCUT2D eigenvalue weighted by Crippen LogP contribution is -2.23. The smallest absolute Gasteiger partial charge is 0.104 e. The van der Waals surface area contributed by atoms with Crippen molar-refractivity contribution in [3.8, 4) is 0 Å². The summed E-state index contributed by atoms with van der Waals surface area (Å²) in [5.74, 6) is 0. The minimum Gasteiger partial charge on any atom is -0.382 e. The fourth-order valence-corrected chi connectivity index (χ4v) is 0.729. The standard InChI is InChI=1S/C8H18O3/c1-4-5-11-7-8(10-3)6-9-2/h8H,4-7H2,1-3H3. The van der Waals surface area contributed by atoms with E-state index in [1.54, 1.807) is 14.2 Å². The van der Waals surface area contributed by atoms with Crippen molar-refractivity contribution < 1.29 is 14.2 Å². The van der Waals surface area contributed by atoms with E-state index in [0.29, 0.717) is 13.2 Å². The molecule has 1 atom stereocenters. The van der Waals surface area contributed by atoms with Crippen LogP contribution in [0.4, 0.5) is 0 Å². The lowest BCUT2D eigenvalue weighted by molar-refractivity contribution is -0.0301. The summed E-state index contributed by atoms with van der Waals surface area (Å²) < 4.78 is 15.3. The first kappa shape index (κ1) is 10.9. The SMILES string of the molecule is CCCOCC(COC)OC. The summed E-state index contributed by atoms with van der Waals surface area (Å²) in [6.07, 6.45) is 1.12. The van der Waals surface area contributed by atoms with E-state index in [1.165, 1.54) is 0 Å². The molecule has 68 valence electrons. The maximum Gasteiger partial charge on any atom is 0.104 e. The van der Waals surface area contributed by atoms with E-state index < -0.39 is 0 Å². The number of rotatable bonds is 7. The van der Waals surface area contributed by atoms with Crippen LogP contribution in [0.2, 0.25) is 0 Å². The van der Waals surface area contributed by atoms with Crippen LogP contribution in [0.1, 0.15) is 13.3 Å². The molecule has 3 nitrogen and oxygen atoms in total. The van der Waals surface area contributed by atoms with Gasteiger partial charge in [-0.1, -0.05) is 6.92 Å². The molecule has 0 saturated carbocycles. The lowest BCUT2D eigenvalue weighted by atomic mass is 10.4. The van der Waals surface area contributed by atoms with Gasteiger partial charge in [-0.25, -0.2) is 0 Å². The Hall–Kier alpha value is -0.120. The van der Waals surface area contributed by atoms with Crippen LogP contribution < -0.4 is 0 Å². The Labute approximate surface area is 68.6 Å². The third-order valence-electron chi connectivity index (χ3n) is 1.34. The fraction of sp³-hybridized carbons (Fsp3) is 1.00. The summed E-state index contributed by atoms with van der Waals surface area (Å²) in [4.78, 5) is 0. The Morgan fingerprint density at radius 1 is 1.18 bits per heavy atom. The average Bonchev–Trinajstić information content (AvgIpc) is 2.03. The number of hydrogen-bond donors (Lipinski definition) is 0. The monoisotopic (exact) mass is 162 g/mol. The quantitative estimate of drug-likeness (QED) is 0.524. The minimum absolute atomic E-state index is 0.0755. The molecule has 0 aromatic carbocycles. The Morgan fingerprint density at radius 2 is 1.91 bits per heavy atom. The molecule has 0 radical (unpaired) electrons. The third-order valence-corrected chi connectivity index (χ3v) is 1.34. The van der Waals surface area contributed by atoms with Gasteiger partial charge in [0, 0.05) is 20.8 Å². The van der Waals surface area contributed by atoms with E-state index in [4.69, 9.17) is 14.2 Å². The molecule has 0 bridgehead atoms. The molecule has 0 aromatic heterocycles. The highest BCUT2D eigenvalue weighted by molar-refractivity contribution is 4.52. The van der Waals surface area contributed by atoms with Crippen LogP contribution in [-0.2, 0) is 14.2 Å². The molecule has 3 heteroatoms. The van der Waals surface area contributed by atoms with Gasteiger partial charge in [0.15, 0.2) is 0 Å². The van der Waals surface area contributed by atoms with Crippen LogP contribution >= 0.6 is 0 Å². The van der Waals surface area contributed by atoms with E-state index in [2.05, 4.69) is 6.92 Å². The van der Waals surface area contributed by atoms with Gasteiger partial charge in [-0.15, -0.1) is 0 Å². The molecule has 0 saturated heterocycles. The Morgan fingerprint density at radius 3 is 2.36 bits per heavy atom. The highest BCUT2D eigenvalue weighted by atomic mass is 16.5. The van der Waals surface area contributed by atoms with Gasteiger partial charge in [-0.3, -0.25) is 0 Å². The molecule has 0 fully saturated rings. The van der Waals surface area contributed by atoms with Crippen molar-refractivity contribution in [3.63, 3.8) is 0 Å². The maximum atomic E-state index is 5.28.